The van der Waals surface area contributed by atoms with Gasteiger partial charge in [-0.05, 0) is 17.7 Å². The Hall–Kier alpha value is -1.41. The van der Waals surface area contributed by atoms with E-state index in [0.717, 1.165) is 44.0 Å². The first-order valence-electron chi connectivity index (χ1n) is 6.07. The molecule has 1 aromatic carbocycles. The molecule has 1 saturated heterocycles. The van der Waals surface area contributed by atoms with E-state index in [1.807, 2.05) is 0 Å². The minimum atomic E-state index is -0.262. The van der Waals surface area contributed by atoms with E-state index in [2.05, 4.69) is 16.7 Å². The van der Waals surface area contributed by atoms with E-state index in [9.17, 15) is 4.39 Å². The Labute approximate surface area is 107 Å². The summed E-state index contributed by atoms with van der Waals surface area (Å²) in [5.74, 6) is 5.45. The molecule has 0 radical (unpaired) electrons. The highest BCUT2D eigenvalue weighted by Crippen LogP contribution is 2.14. The van der Waals surface area contributed by atoms with Crippen molar-refractivity contribution in [1.82, 2.24) is 4.90 Å². The molecule has 2 rings (SSSR count). The molecule has 1 aromatic rings. The van der Waals surface area contributed by atoms with Gasteiger partial charge in [-0.15, -0.1) is 0 Å². The van der Waals surface area contributed by atoms with Gasteiger partial charge in [-0.2, -0.15) is 0 Å². The lowest BCUT2D eigenvalue weighted by Crippen LogP contribution is -2.35. The standard InChI is InChI=1S/C14H17FN2O/c15-14-4-3-13(12(10-14)2-1-5-16)11-17-6-8-18-9-7-17/h3-4,10H,5-9,11,16H2. The first-order chi connectivity index (χ1) is 8.79. The van der Waals surface area contributed by atoms with Gasteiger partial charge >= 0.3 is 0 Å². The number of hydrogen-bond donors (Lipinski definition) is 1. The fraction of sp³-hybridized carbons (Fsp3) is 0.429. The zero-order valence-corrected chi connectivity index (χ0v) is 10.3. The summed E-state index contributed by atoms with van der Waals surface area (Å²) >= 11 is 0. The molecule has 0 atom stereocenters. The predicted molar refractivity (Wildman–Crippen MR) is 68.4 cm³/mol. The molecule has 3 nitrogen and oxygen atoms in total. The number of nitrogens with two attached hydrogens (primary N) is 1. The maximum atomic E-state index is 13.2. The minimum absolute atomic E-state index is 0.262. The molecule has 0 unspecified atom stereocenters. The van der Waals surface area contributed by atoms with Crippen LogP contribution in [0.2, 0.25) is 0 Å². The molecule has 1 fully saturated rings. The quantitative estimate of drug-likeness (QED) is 0.793. The van der Waals surface area contributed by atoms with Gasteiger partial charge in [0.1, 0.15) is 5.82 Å². The molecule has 96 valence electrons. The average Bonchev–Trinajstić information content (AvgIpc) is 2.40. The molecule has 1 aliphatic rings. The smallest absolute Gasteiger partial charge is 0.124 e. The molecule has 0 amide bonds. The molecule has 18 heavy (non-hydrogen) atoms. The maximum Gasteiger partial charge on any atom is 0.124 e. The lowest BCUT2D eigenvalue weighted by Gasteiger charge is -2.26. The second-order valence-corrected chi connectivity index (χ2v) is 4.20. The van der Waals surface area contributed by atoms with Crippen LogP contribution in [-0.2, 0) is 11.3 Å². The Morgan fingerprint density at radius 2 is 2.11 bits per heavy atom. The molecule has 0 spiro atoms. The van der Waals surface area contributed by atoms with Crippen LogP contribution in [0, 0.1) is 17.7 Å². The third-order valence-corrected chi connectivity index (χ3v) is 2.89. The SMILES string of the molecule is NCC#Cc1cc(F)ccc1CN1CCOCC1. The van der Waals surface area contributed by atoms with Crippen LogP contribution in [0.15, 0.2) is 18.2 Å². The minimum Gasteiger partial charge on any atom is -0.379 e. The predicted octanol–water partition coefficient (Wildman–Crippen LogP) is 0.968. The van der Waals surface area contributed by atoms with Crippen molar-refractivity contribution in [3.63, 3.8) is 0 Å². The third-order valence-electron chi connectivity index (χ3n) is 2.89. The second kappa shape index (κ2) is 6.50. The van der Waals surface area contributed by atoms with Gasteiger partial charge in [-0.1, -0.05) is 17.9 Å². The van der Waals surface area contributed by atoms with Crippen LogP contribution >= 0.6 is 0 Å². The van der Waals surface area contributed by atoms with Gasteiger partial charge in [-0.25, -0.2) is 4.39 Å². The summed E-state index contributed by atoms with van der Waals surface area (Å²) < 4.78 is 18.5. The number of nitrogens with zero attached hydrogens (tertiary/aromatic N) is 1. The molecule has 0 saturated carbocycles. The van der Waals surface area contributed by atoms with Crippen molar-refractivity contribution in [3.05, 3.63) is 35.1 Å². The van der Waals surface area contributed by atoms with Gasteiger partial charge in [0, 0.05) is 25.2 Å². The number of benzene rings is 1. The van der Waals surface area contributed by atoms with Gasteiger partial charge < -0.3 is 10.5 Å². The van der Waals surface area contributed by atoms with Crippen LogP contribution < -0.4 is 5.73 Å². The van der Waals surface area contributed by atoms with Crippen LogP contribution in [0.25, 0.3) is 0 Å². The molecule has 0 bridgehead atoms. The van der Waals surface area contributed by atoms with Crippen LogP contribution in [0.4, 0.5) is 4.39 Å². The zero-order valence-electron chi connectivity index (χ0n) is 10.3. The van der Waals surface area contributed by atoms with Crippen LogP contribution in [0.5, 0.6) is 0 Å². The number of hydrogen-bond acceptors (Lipinski definition) is 3. The monoisotopic (exact) mass is 248 g/mol. The normalized spacial score (nSPS) is 16.1. The van der Waals surface area contributed by atoms with Crippen molar-refractivity contribution in [2.75, 3.05) is 32.8 Å². The first kappa shape index (κ1) is 13.0. The second-order valence-electron chi connectivity index (χ2n) is 4.20. The number of rotatable bonds is 2. The van der Waals surface area contributed by atoms with E-state index < -0.39 is 0 Å². The molecular weight excluding hydrogens is 231 g/mol. The van der Waals surface area contributed by atoms with Gasteiger partial charge in [0.25, 0.3) is 0 Å². The van der Waals surface area contributed by atoms with Crippen molar-refractivity contribution < 1.29 is 9.13 Å². The van der Waals surface area contributed by atoms with E-state index in [1.54, 1.807) is 6.07 Å². The van der Waals surface area contributed by atoms with Crippen LogP contribution in [0.1, 0.15) is 11.1 Å². The van der Waals surface area contributed by atoms with E-state index in [4.69, 9.17) is 10.5 Å². The van der Waals surface area contributed by atoms with Crippen molar-refractivity contribution in [1.29, 1.82) is 0 Å². The molecule has 0 aromatic heterocycles. The number of halogens is 1. The Morgan fingerprint density at radius 3 is 2.83 bits per heavy atom. The lowest BCUT2D eigenvalue weighted by atomic mass is 10.1. The van der Waals surface area contributed by atoms with E-state index in [0.29, 0.717) is 0 Å². The Morgan fingerprint density at radius 1 is 1.33 bits per heavy atom. The molecule has 1 heterocycles. The highest BCUT2D eigenvalue weighted by atomic mass is 19.1. The summed E-state index contributed by atoms with van der Waals surface area (Å²) in [6.45, 7) is 4.38. The number of ether oxygens (including phenoxy) is 1. The summed E-state index contributed by atoms with van der Waals surface area (Å²) in [6.07, 6.45) is 0. The van der Waals surface area contributed by atoms with Crippen molar-refractivity contribution in [3.8, 4) is 11.8 Å². The largest absolute Gasteiger partial charge is 0.379 e. The summed E-state index contributed by atoms with van der Waals surface area (Å²) in [5, 5.41) is 0. The molecular formula is C14H17FN2O. The van der Waals surface area contributed by atoms with E-state index >= 15 is 0 Å². The highest BCUT2D eigenvalue weighted by molar-refractivity contribution is 5.41. The van der Waals surface area contributed by atoms with Crippen molar-refractivity contribution >= 4 is 0 Å². The van der Waals surface area contributed by atoms with Gasteiger partial charge in [0.05, 0.1) is 19.8 Å². The van der Waals surface area contributed by atoms with Crippen molar-refractivity contribution in [2.24, 2.45) is 5.73 Å². The summed E-state index contributed by atoms with van der Waals surface area (Å²) in [4.78, 5) is 2.28. The Balaban J connectivity index is 2.15. The van der Waals surface area contributed by atoms with Gasteiger partial charge in [0.15, 0.2) is 0 Å². The Kier molecular flexibility index (Phi) is 4.71. The lowest BCUT2D eigenvalue weighted by molar-refractivity contribution is 0.0341. The van der Waals surface area contributed by atoms with Crippen LogP contribution in [-0.4, -0.2) is 37.7 Å². The van der Waals surface area contributed by atoms with E-state index in [1.165, 1.54) is 12.1 Å². The number of morpholine rings is 1. The summed E-state index contributed by atoms with van der Waals surface area (Å²) in [7, 11) is 0. The topological polar surface area (TPSA) is 38.5 Å². The van der Waals surface area contributed by atoms with Gasteiger partial charge in [-0.3, -0.25) is 4.90 Å². The maximum absolute atomic E-state index is 13.2. The Bertz CT molecular complexity index is 459. The summed E-state index contributed by atoms with van der Waals surface area (Å²) in [5.41, 5.74) is 7.12. The molecule has 1 aliphatic heterocycles. The molecule has 4 heteroatoms. The highest BCUT2D eigenvalue weighted by Gasteiger charge is 2.12. The first-order valence-corrected chi connectivity index (χ1v) is 6.07. The third kappa shape index (κ3) is 3.54. The zero-order chi connectivity index (χ0) is 12.8. The van der Waals surface area contributed by atoms with Crippen LogP contribution in [0.3, 0.4) is 0 Å². The summed E-state index contributed by atoms with van der Waals surface area (Å²) in [6, 6.07) is 4.74. The average molecular weight is 248 g/mol. The van der Waals surface area contributed by atoms with Gasteiger partial charge in [0.2, 0.25) is 0 Å². The molecule has 0 aliphatic carbocycles. The fourth-order valence-electron chi connectivity index (χ4n) is 1.95. The fourth-order valence-corrected chi connectivity index (χ4v) is 1.95. The van der Waals surface area contributed by atoms with Crippen molar-refractivity contribution in [2.45, 2.75) is 6.54 Å². The van der Waals surface area contributed by atoms with E-state index in [-0.39, 0.29) is 12.4 Å². The molecule has 2 N–H and O–H groups in total.